The molecule has 1 heterocycles. The first-order valence-electron chi connectivity index (χ1n) is 10.1. The van der Waals surface area contributed by atoms with Crippen molar-refractivity contribution in [2.45, 2.75) is 31.9 Å². The van der Waals surface area contributed by atoms with Crippen LogP contribution in [0.1, 0.15) is 45.5 Å². The van der Waals surface area contributed by atoms with E-state index in [2.05, 4.69) is 0 Å². The normalized spacial score (nSPS) is 18.4. The standard InChI is InChI=1S/C23H26N2O4/c24-22(26)20-6-1-2-7-21(20)29-15-16-4-3-5-18(12-16)23(27)25(19-8-9-19)13-17-10-11-28-14-17/h1-7,12,17,19H,8-11,13-15H2,(H2,24,26). The van der Waals surface area contributed by atoms with Crippen LogP contribution in [0, 0.1) is 5.92 Å². The summed E-state index contributed by atoms with van der Waals surface area (Å²) in [7, 11) is 0. The molecule has 6 nitrogen and oxygen atoms in total. The minimum atomic E-state index is -0.527. The maximum absolute atomic E-state index is 13.2. The van der Waals surface area contributed by atoms with Crippen LogP contribution in [0.2, 0.25) is 0 Å². The van der Waals surface area contributed by atoms with Crippen LogP contribution in [0.15, 0.2) is 48.5 Å². The van der Waals surface area contributed by atoms with Crippen molar-refractivity contribution in [3.8, 4) is 5.75 Å². The summed E-state index contributed by atoms with van der Waals surface area (Å²) in [6.07, 6.45) is 3.17. The van der Waals surface area contributed by atoms with E-state index < -0.39 is 5.91 Å². The fourth-order valence-electron chi connectivity index (χ4n) is 3.71. The van der Waals surface area contributed by atoms with E-state index in [9.17, 15) is 9.59 Å². The molecule has 2 amide bonds. The lowest BCUT2D eigenvalue weighted by Crippen LogP contribution is -2.37. The number of para-hydroxylation sites is 1. The lowest BCUT2D eigenvalue weighted by Gasteiger charge is -2.25. The molecule has 1 unspecified atom stereocenters. The first-order chi connectivity index (χ1) is 14.1. The Morgan fingerprint density at radius 2 is 1.93 bits per heavy atom. The van der Waals surface area contributed by atoms with E-state index in [0.717, 1.165) is 44.6 Å². The zero-order valence-electron chi connectivity index (χ0n) is 16.4. The topological polar surface area (TPSA) is 81.9 Å². The van der Waals surface area contributed by atoms with Crippen molar-refractivity contribution in [1.29, 1.82) is 0 Å². The Balaban J connectivity index is 1.45. The van der Waals surface area contributed by atoms with Crippen LogP contribution in [-0.4, -0.2) is 42.5 Å². The van der Waals surface area contributed by atoms with Gasteiger partial charge in [-0.1, -0.05) is 24.3 Å². The SMILES string of the molecule is NC(=O)c1ccccc1OCc1cccc(C(=O)N(CC2CCOC2)C2CC2)c1. The first kappa shape index (κ1) is 19.5. The second-order valence-electron chi connectivity index (χ2n) is 7.77. The fraction of sp³-hybridized carbons (Fsp3) is 0.391. The molecule has 4 rings (SSSR count). The van der Waals surface area contributed by atoms with Crippen LogP contribution < -0.4 is 10.5 Å². The summed E-state index contributed by atoms with van der Waals surface area (Å²) < 4.78 is 11.3. The van der Waals surface area contributed by atoms with Crippen molar-refractivity contribution in [2.24, 2.45) is 11.7 Å². The summed E-state index contributed by atoms with van der Waals surface area (Å²) in [6, 6.07) is 14.7. The van der Waals surface area contributed by atoms with Gasteiger partial charge in [-0.05, 0) is 49.1 Å². The summed E-state index contributed by atoms with van der Waals surface area (Å²) >= 11 is 0. The number of amides is 2. The lowest BCUT2D eigenvalue weighted by molar-refractivity contribution is 0.0706. The minimum absolute atomic E-state index is 0.0683. The Kier molecular flexibility index (Phi) is 5.81. The summed E-state index contributed by atoms with van der Waals surface area (Å²) in [6.45, 7) is 2.54. The number of carbonyl (C=O) groups excluding carboxylic acids is 2. The smallest absolute Gasteiger partial charge is 0.254 e. The number of nitrogens with two attached hydrogens (primary N) is 1. The number of carbonyl (C=O) groups is 2. The van der Waals surface area contributed by atoms with E-state index in [1.165, 1.54) is 0 Å². The molecule has 2 aliphatic rings. The molecule has 0 spiro atoms. The van der Waals surface area contributed by atoms with Crippen molar-refractivity contribution in [1.82, 2.24) is 4.90 Å². The van der Waals surface area contributed by atoms with Gasteiger partial charge in [0.1, 0.15) is 12.4 Å². The third-order valence-electron chi connectivity index (χ3n) is 5.45. The van der Waals surface area contributed by atoms with E-state index in [0.29, 0.717) is 28.8 Å². The number of hydrogen-bond acceptors (Lipinski definition) is 4. The summed E-state index contributed by atoms with van der Waals surface area (Å²) in [5, 5.41) is 0. The van der Waals surface area contributed by atoms with Crippen molar-refractivity contribution in [3.63, 3.8) is 0 Å². The molecule has 1 aliphatic heterocycles. The highest BCUT2D eigenvalue weighted by molar-refractivity contribution is 5.95. The Hall–Kier alpha value is -2.86. The molecule has 2 N–H and O–H groups in total. The van der Waals surface area contributed by atoms with Crippen LogP contribution in [0.25, 0.3) is 0 Å². The van der Waals surface area contributed by atoms with E-state index in [1.807, 2.05) is 29.2 Å². The van der Waals surface area contributed by atoms with Crippen molar-refractivity contribution >= 4 is 11.8 Å². The van der Waals surface area contributed by atoms with E-state index in [1.54, 1.807) is 24.3 Å². The Morgan fingerprint density at radius 1 is 1.10 bits per heavy atom. The zero-order chi connectivity index (χ0) is 20.2. The maximum Gasteiger partial charge on any atom is 0.254 e. The van der Waals surface area contributed by atoms with Gasteiger partial charge in [0.15, 0.2) is 0 Å². The predicted molar refractivity (Wildman–Crippen MR) is 109 cm³/mol. The molecule has 29 heavy (non-hydrogen) atoms. The highest BCUT2D eigenvalue weighted by atomic mass is 16.5. The van der Waals surface area contributed by atoms with Gasteiger partial charge in [-0.3, -0.25) is 9.59 Å². The van der Waals surface area contributed by atoms with Gasteiger partial charge in [-0.25, -0.2) is 0 Å². The highest BCUT2D eigenvalue weighted by Gasteiger charge is 2.35. The van der Waals surface area contributed by atoms with Gasteiger partial charge in [-0.15, -0.1) is 0 Å². The second kappa shape index (κ2) is 8.66. The fourth-order valence-corrected chi connectivity index (χ4v) is 3.71. The minimum Gasteiger partial charge on any atom is -0.488 e. The molecule has 2 fully saturated rings. The van der Waals surface area contributed by atoms with Crippen molar-refractivity contribution in [3.05, 3.63) is 65.2 Å². The van der Waals surface area contributed by atoms with Crippen LogP contribution in [0.3, 0.4) is 0 Å². The quantitative estimate of drug-likeness (QED) is 0.746. The van der Waals surface area contributed by atoms with Crippen molar-refractivity contribution < 1.29 is 19.1 Å². The molecule has 6 heteroatoms. The lowest BCUT2D eigenvalue weighted by atomic mass is 10.1. The molecule has 0 aromatic heterocycles. The van der Waals surface area contributed by atoms with Crippen LogP contribution in [0.5, 0.6) is 5.75 Å². The Bertz CT molecular complexity index is 888. The largest absolute Gasteiger partial charge is 0.488 e. The van der Waals surface area contributed by atoms with Gasteiger partial charge >= 0.3 is 0 Å². The molecule has 0 radical (unpaired) electrons. The molecule has 1 aliphatic carbocycles. The molecule has 0 bridgehead atoms. The van der Waals surface area contributed by atoms with Gasteiger partial charge in [0.2, 0.25) is 0 Å². The summed E-state index contributed by atoms with van der Waals surface area (Å²) in [5.74, 6) is 0.410. The van der Waals surface area contributed by atoms with Crippen LogP contribution in [0.4, 0.5) is 0 Å². The van der Waals surface area contributed by atoms with Crippen LogP contribution in [-0.2, 0) is 11.3 Å². The third-order valence-corrected chi connectivity index (χ3v) is 5.45. The number of rotatable bonds is 8. The summed E-state index contributed by atoms with van der Waals surface area (Å²) in [5.41, 5.74) is 7.29. The zero-order valence-corrected chi connectivity index (χ0v) is 16.4. The molecule has 1 saturated heterocycles. The monoisotopic (exact) mass is 394 g/mol. The molecule has 1 atom stereocenters. The second-order valence-corrected chi connectivity index (χ2v) is 7.77. The van der Waals surface area contributed by atoms with Gasteiger partial charge < -0.3 is 20.1 Å². The predicted octanol–water partition coefficient (Wildman–Crippen LogP) is 3.01. The van der Waals surface area contributed by atoms with Gasteiger partial charge in [0, 0.05) is 30.7 Å². The van der Waals surface area contributed by atoms with Crippen LogP contribution >= 0.6 is 0 Å². The molecular formula is C23H26N2O4. The number of nitrogens with zero attached hydrogens (tertiary/aromatic N) is 1. The molecule has 2 aromatic rings. The van der Waals surface area contributed by atoms with E-state index in [-0.39, 0.29) is 12.5 Å². The van der Waals surface area contributed by atoms with E-state index >= 15 is 0 Å². The average Bonchev–Trinajstić information content (AvgIpc) is 3.45. The Labute approximate surface area is 170 Å². The average molecular weight is 394 g/mol. The molecule has 2 aromatic carbocycles. The molecule has 152 valence electrons. The third kappa shape index (κ3) is 4.77. The number of ether oxygens (including phenoxy) is 2. The van der Waals surface area contributed by atoms with Gasteiger partial charge in [0.05, 0.1) is 12.2 Å². The molecular weight excluding hydrogens is 368 g/mol. The van der Waals surface area contributed by atoms with Gasteiger partial charge in [-0.2, -0.15) is 0 Å². The highest BCUT2D eigenvalue weighted by Crippen LogP contribution is 2.30. The van der Waals surface area contributed by atoms with E-state index in [4.69, 9.17) is 15.2 Å². The van der Waals surface area contributed by atoms with Crippen molar-refractivity contribution in [2.75, 3.05) is 19.8 Å². The number of benzene rings is 2. The Morgan fingerprint density at radius 3 is 2.66 bits per heavy atom. The maximum atomic E-state index is 13.2. The number of primary amides is 1. The summed E-state index contributed by atoms with van der Waals surface area (Å²) in [4.78, 5) is 26.7. The molecule has 1 saturated carbocycles. The van der Waals surface area contributed by atoms with Gasteiger partial charge in [0.25, 0.3) is 11.8 Å². The first-order valence-corrected chi connectivity index (χ1v) is 10.1. The number of hydrogen-bond donors (Lipinski definition) is 1.